The van der Waals surface area contributed by atoms with Crippen molar-refractivity contribution < 1.29 is 0 Å². The second-order valence-corrected chi connectivity index (χ2v) is 3.16. The number of nitrogens with zero attached hydrogens (tertiary/aromatic N) is 1. The molecule has 0 saturated carbocycles. The lowest BCUT2D eigenvalue weighted by atomic mass is 10.0. The number of hydrogen-bond donors (Lipinski definition) is 2. The van der Waals surface area contributed by atoms with Crippen LogP contribution in [0.5, 0.6) is 0 Å². The monoisotopic (exact) mass is 211 g/mol. The first-order valence-electron chi connectivity index (χ1n) is 4.47. The number of rotatable bonds is 1. The highest BCUT2D eigenvalue weighted by molar-refractivity contribution is 5.85. The van der Waals surface area contributed by atoms with E-state index in [-0.39, 0.29) is 12.4 Å². The Morgan fingerprint density at radius 1 is 1.29 bits per heavy atom. The van der Waals surface area contributed by atoms with Gasteiger partial charge in [0.2, 0.25) is 0 Å². The molecule has 1 aliphatic heterocycles. The molecule has 0 bridgehead atoms. The van der Waals surface area contributed by atoms with E-state index in [9.17, 15) is 0 Å². The van der Waals surface area contributed by atoms with Crippen molar-refractivity contribution >= 4 is 18.4 Å². The normalized spacial score (nSPS) is 20.3. The fourth-order valence-corrected chi connectivity index (χ4v) is 1.55. The van der Waals surface area contributed by atoms with Gasteiger partial charge in [0.1, 0.15) is 0 Å². The highest BCUT2D eigenvalue weighted by Crippen LogP contribution is 2.17. The molecule has 1 atom stereocenters. The third-order valence-corrected chi connectivity index (χ3v) is 2.22. The lowest BCUT2D eigenvalue weighted by Gasteiger charge is -2.22. The zero-order valence-corrected chi connectivity index (χ0v) is 8.63. The molecule has 4 heteroatoms. The van der Waals surface area contributed by atoms with Gasteiger partial charge >= 0.3 is 0 Å². The predicted molar refractivity (Wildman–Crippen MR) is 60.7 cm³/mol. The number of aliphatic imine (C=N–C) groups is 1. The summed E-state index contributed by atoms with van der Waals surface area (Å²) in [6, 6.07) is 10.6. The summed E-state index contributed by atoms with van der Waals surface area (Å²) in [4.78, 5) is 4.09. The molecule has 0 aliphatic carbocycles. The predicted octanol–water partition coefficient (Wildman–Crippen LogP) is 1.46. The van der Waals surface area contributed by atoms with E-state index in [1.54, 1.807) is 0 Å². The molecule has 3 nitrogen and oxygen atoms in total. The van der Waals surface area contributed by atoms with E-state index in [1.807, 2.05) is 18.2 Å². The molecule has 0 fully saturated rings. The van der Waals surface area contributed by atoms with E-state index >= 15 is 0 Å². The van der Waals surface area contributed by atoms with E-state index in [1.165, 1.54) is 5.56 Å². The number of halogens is 1. The SMILES string of the molecule is Cl.NC1=NCCC(c2ccccc2)N1. The van der Waals surface area contributed by atoms with Gasteiger partial charge in [-0.25, -0.2) is 0 Å². The van der Waals surface area contributed by atoms with Crippen molar-refractivity contribution in [3.05, 3.63) is 35.9 Å². The van der Waals surface area contributed by atoms with E-state index in [0.717, 1.165) is 13.0 Å². The Kier molecular flexibility index (Phi) is 3.77. The largest absolute Gasteiger partial charge is 0.370 e. The third kappa shape index (κ3) is 2.39. The van der Waals surface area contributed by atoms with Gasteiger partial charge in [-0.15, -0.1) is 12.4 Å². The summed E-state index contributed by atoms with van der Waals surface area (Å²) in [6.45, 7) is 0.818. The molecule has 0 aromatic heterocycles. The summed E-state index contributed by atoms with van der Waals surface area (Å²) in [5.41, 5.74) is 6.88. The highest BCUT2D eigenvalue weighted by atomic mass is 35.5. The summed E-state index contributed by atoms with van der Waals surface area (Å²) < 4.78 is 0. The van der Waals surface area contributed by atoms with Crippen LogP contribution in [0, 0.1) is 0 Å². The minimum Gasteiger partial charge on any atom is -0.370 e. The maximum absolute atomic E-state index is 5.60. The van der Waals surface area contributed by atoms with Gasteiger partial charge in [0.05, 0.1) is 6.04 Å². The Hall–Kier alpha value is -1.22. The van der Waals surface area contributed by atoms with E-state index in [2.05, 4.69) is 22.4 Å². The van der Waals surface area contributed by atoms with Crippen LogP contribution in [0.2, 0.25) is 0 Å². The van der Waals surface area contributed by atoms with Crippen molar-refractivity contribution in [3.63, 3.8) is 0 Å². The van der Waals surface area contributed by atoms with Crippen molar-refractivity contribution in [2.75, 3.05) is 6.54 Å². The Morgan fingerprint density at radius 2 is 2.00 bits per heavy atom. The summed E-state index contributed by atoms with van der Waals surface area (Å²) >= 11 is 0. The van der Waals surface area contributed by atoms with Crippen molar-refractivity contribution in [1.29, 1.82) is 0 Å². The van der Waals surface area contributed by atoms with Crippen LogP contribution in [-0.4, -0.2) is 12.5 Å². The smallest absolute Gasteiger partial charge is 0.189 e. The lowest BCUT2D eigenvalue weighted by molar-refractivity contribution is 0.568. The Balaban J connectivity index is 0.000000980. The van der Waals surface area contributed by atoms with Gasteiger partial charge in [0, 0.05) is 6.54 Å². The summed E-state index contributed by atoms with van der Waals surface area (Å²) in [5, 5.41) is 3.16. The number of hydrogen-bond acceptors (Lipinski definition) is 3. The molecule has 2 rings (SSSR count). The van der Waals surface area contributed by atoms with E-state index < -0.39 is 0 Å². The Bertz CT molecular complexity index is 310. The zero-order valence-electron chi connectivity index (χ0n) is 7.81. The average Bonchev–Trinajstić information content (AvgIpc) is 2.19. The molecule has 1 aromatic carbocycles. The minimum atomic E-state index is 0. The molecule has 0 spiro atoms. The van der Waals surface area contributed by atoms with Gasteiger partial charge in [0.25, 0.3) is 0 Å². The molecule has 3 N–H and O–H groups in total. The first kappa shape index (κ1) is 10.9. The minimum absolute atomic E-state index is 0. The van der Waals surface area contributed by atoms with Gasteiger partial charge in [-0.1, -0.05) is 30.3 Å². The molecule has 1 aliphatic rings. The van der Waals surface area contributed by atoms with Crippen LogP contribution in [0.3, 0.4) is 0 Å². The van der Waals surface area contributed by atoms with Crippen LogP contribution in [0.1, 0.15) is 18.0 Å². The number of guanidine groups is 1. The highest BCUT2D eigenvalue weighted by Gasteiger charge is 2.14. The second-order valence-electron chi connectivity index (χ2n) is 3.16. The molecule has 1 heterocycles. The van der Waals surface area contributed by atoms with Crippen LogP contribution < -0.4 is 11.1 Å². The van der Waals surface area contributed by atoms with Crippen molar-refractivity contribution in [2.24, 2.45) is 10.7 Å². The summed E-state index contributed by atoms with van der Waals surface area (Å²) in [6.07, 6.45) is 1.02. The van der Waals surface area contributed by atoms with Crippen LogP contribution in [0.15, 0.2) is 35.3 Å². The Labute approximate surface area is 89.8 Å². The fourth-order valence-electron chi connectivity index (χ4n) is 1.55. The molecule has 76 valence electrons. The standard InChI is InChI=1S/C10H13N3.ClH/c11-10-12-7-6-9(13-10)8-4-2-1-3-5-8;/h1-5,9H,6-7H2,(H3,11,12,13);1H. The van der Waals surface area contributed by atoms with E-state index in [0.29, 0.717) is 12.0 Å². The molecule has 0 saturated heterocycles. The van der Waals surface area contributed by atoms with Crippen LogP contribution in [0.25, 0.3) is 0 Å². The molecule has 1 unspecified atom stereocenters. The summed E-state index contributed by atoms with van der Waals surface area (Å²) in [5.74, 6) is 0.556. The van der Waals surface area contributed by atoms with Crippen LogP contribution in [0.4, 0.5) is 0 Å². The summed E-state index contributed by atoms with van der Waals surface area (Å²) in [7, 11) is 0. The van der Waals surface area contributed by atoms with Gasteiger partial charge < -0.3 is 11.1 Å². The van der Waals surface area contributed by atoms with Crippen molar-refractivity contribution in [1.82, 2.24) is 5.32 Å². The quantitative estimate of drug-likeness (QED) is 0.739. The van der Waals surface area contributed by atoms with Crippen LogP contribution in [-0.2, 0) is 0 Å². The first-order chi connectivity index (χ1) is 6.36. The van der Waals surface area contributed by atoms with Gasteiger partial charge in [0.15, 0.2) is 5.96 Å². The average molecular weight is 212 g/mol. The molecular formula is C10H14ClN3. The topological polar surface area (TPSA) is 50.4 Å². The Morgan fingerprint density at radius 3 is 2.64 bits per heavy atom. The van der Waals surface area contributed by atoms with Gasteiger partial charge in [-0.05, 0) is 12.0 Å². The lowest BCUT2D eigenvalue weighted by Crippen LogP contribution is -2.38. The molecule has 0 amide bonds. The molecular weight excluding hydrogens is 198 g/mol. The number of benzene rings is 1. The number of nitrogens with two attached hydrogens (primary N) is 1. The molecule has 0 radical (unpaired) electrons. The second kappa shape index (κ2) is 4.86. The zero-order chi connectivity index (χ0) is 9.10. The maximum Gasteiger partial charge on any atom is 0.189 e. The third-order valence-electron chi connectivity index (χ3n) is 2.22. The first-order valence-corrected chi connectivity index (χ1v) is 4.47. The fraction of sp³-hybridized carbons (Fsp3) is 0.300. The van der Waals surface area contributed by atoms with Crippen molar-refractivity contribution in [3.8, 4) is 0 Å². The maximum atomic E-state index is 5.60. The van der Waals surface area contributed by atoms with Crippen LogP contribution >= 0.6 is 12.4 Å². The molecule has 1 aromatic rings. The van der Waals surface area contributed by atoms with Gasteiger partial charge in [-0.2, -0.15) is 0 Å². The number of nitrogens with one attached hydrogen (secondary N) is 1. The van der Waals surface area contributed by atoms with E-state index in [4.69, 9.17) is 5.73 Å². The molecule has 14 heavy (non-hydrogen) atoms. The van der Waals surface area contributed by atoms with Gasteiger partial charge in [-0.3, -0.25) is 4.99 Å². The van der Waals surface area contributed by atoms with Crippen molar-refractivity contribution in [2.45, 2.75) is 12.5 Å².